The summed E-state index contributed by atoms with van der Waals surface area (Å²) < 4.78 is 38.5. The number of rotatable bonds is 5. The van der Waals surface area contributed by atoms with Gasteiger partial charge in [0.05, 0.1) is 17.0 Å². The van der Waals surface area contributed by atoms with Gasteiger partial charge in [0.1, 0.15) is 5.82 Å². The van der Waals surface area contributed by atoms with Crippen molar-refractivity contribution in [1.82, 2.24) is 0 Å². The van der Waals surface area contributed by atoms with Crippen molar-refractivity contribution in [1.29, 1.82) is 0 Å². The molecular weight excluding hydrogens is 261 g/mol. The number of anilines is 1. The van der Waals surface area contributed by atoms with Crippen LogP contribution in [0, 0.1) is 11.7 Å². The summed E-state index contributed by atoms with van der Waals surface area (Å²) in [7, 11) is -3.58. The van der Waals surface area contributed by atoms with Gasteiger partial charge in [-0.15, -0.1) is 0 Å². The van der Waals surface area contributed by atoms with Gasteiger partial charge in [0.15, 0.2) is 0 Å². The molecule has 0 saturated heterocycles. The zero-order chi connectivity index (χ0) is 13.3. The first kappa shape index (κ1) is 12.8. The zero-order valence-corrected chi connectivity index (χ0v) is 10.2. The minimum Gasteiger partial charge on any atom is -0.478 e. The van der Waals surface area contributed by atoms with Gasteiger partial charge in [-0.05, 0) is 37.0 Å². The molecule has 0 unspecified atom stereocenters. The van der Waals surface area contributed by atoms with Crippen molar-refractivity contribution in [3.05, 3.63) is 29.6 Å². The number of benzene rings is 1. The highest BCUT2D eigenvalue weighted by Gasteiger charge is 2.28. The largest absolute Gasteiger partial charge is 0.478 e. The van der Waals surface area contributed by atoms with E-state index in [1.807, 2.05) is 0 Å². The first-order valence-electron chi connectivity index (χ1n) is 5.41. The molecule has 0 amide bonds. The SMILES string of the molecule is O=C(O)c1cc(F)ccc1NS(=O)(=O)CC1CC1. The average Bonchev–Trinajstić information content (AvgIpc) is 3.03. The molecule has 0 heterocycles. The van der Waals surface area contributed by atoms with E-state index in [0.29, 0.717) is 0 Å². The number of halogens is 1. The Bertz CT molecular complexity index is 581. The van der Waals surface area contributed by atoms with Crippen molar-refractivity contribution in [3.8, 4) is 0 Å². The van der Waals surface area contributed by atoms with Crippen LogP contribution in [-0.2, 0) is 10.0 Å². The van der Waals surface area contributed by atoms with Crippen LogP contribution in [0.2, 0.25) is 0 Å². The fourth-order valence-electron chi connectivity index (χ4n) is 1.59. The van der Waals surface area contributed by atoms with Gasteiger partial charge in [0.25, 0.3) is 0 Å². The summed E-state index contributed by atoms with van der Waals surface area (Å²) >= 11 is 0. The highest BCUT2D eigenvalue weighted by Crippen LogP contribution is 2.31. The summed E-state index contributed by atoms with van der Waals surface area (Å²) in [6.07, 6.45) is 1.74. The number of carbonyl (C=O) groups is 1. The lowest BCUT2D eigenvalue weighted by Crippen LogP contribution is -2.19. The molecule has 5 nitrogen and oxygen atoms in total. The van der Waals surface area contributed by atoms with E-state index in [0.717, 1.165) is 31.0 Å². The highest BCUT2D eigenvalue weighted by atomic mass is 32.2. The van der Waals surface area contributed by atoms with Crippen molar-refractivity contribution in [2.24, 2.45) is 5.92 Å². The summed E-state index contributed by atoms with van der Waals surface area (Å²) in [5.41, 5.74) is -0.501. The van der Waals surface area contributed by atoms with E-state index in [1.54, 1.807) is 0 Å². The van der Waals surface area contributed by atoms with Crippen molar-refractivity contribution >= 4 is 21.7 Å². The Labute approximate surface area is 104 Å². The fourth-order valence-corrected chi connectivity index (χ4v) is 3.14. The van der Waals surface area contributed by atoms with Crippen LogP contribution < -0.4 is 4.72 Å². The normalized spacial score (nSPS) is 15.4. The van der Waals surface area contributed by atoms with Crippen LogP contribution in [0.15, 0.2) is 18.2 Å². The van der Waals surface area contributed by atoms with Crippen LogP contribution in [0.4, 0.5) is 10.1 Å². The molecule has 2 N–H and O–H groups in total. The van der Waals surface area contributed by atoms with Gasteiger partial charge in [-0.3, -0.25) is 4.72 Å². The van der Waals surface area contributed by atoms with Crippen LogP contribution in [0.25, 0.3) is 0 Å². The van der Waals surface area contributed by atoms with E-state index < -0.39 is 27.4 Å². The van der Waals surface area contributed by atoms with E-state index in [9.17, 15) is 17.6 Å². The molecule has 2 rings (SSSR count). The number of carboxylic acids is 1. The first-order valence-corrected chi connectivity index (χ1v) is 7.06. The van der Waals surface area contributed by atoms with Crippen molar-refractivity contribution < 1.29 is 22.7 Å². The average molecular weight is 273 g/mol. The maximum Gasteiger partial charge on any atom is 0.337 e. The second-order valence-corrected chi connectivity index (χ2v) is 6.09. The van der Waals surface area contributed by atoms with E-state index in [2.05, 4.69) is 4.72 Å². The first-order chi connectivity index (χ1) is 8.37. The number of hydrogen-bond donors (Lipinski definition) is 2. The number of nitrogens with one attached hydrogen (secondary N) is 1. The Kier molecular flexibility index (Phi) is 3.25. The number of aromatic carboxylic acids is 1. The summed E-state index contributed by atoms with van der Waals surface area (Å²) in [6.45, 7) is 0. The smallest absolute Gasteiger partial charge is 0.337 e. The lowest BCUT2D eigenvalue weighted by atomic mass is 10.2. The third-order valence-corrected chi connectivity index (χ3v) is 4.07. The van der Waals surface area contributed by atoms with Crippen molar-refractivity contribution in [2.75, 3.05) is 10.5 Å². The van der Waals surface area contributed by atoms with Crippen molar-refractivity contribution in [3.63, 3.8) is 0 Å². The van der Waals surface area contributed by atoms with Crippen LogP contribution in [-0.4, -0.2) is 25.2 Å². The van der Waals surface area contributed by atoms with Gasteiger partial charge in [0, 0.05) is 0 Å². The Morgan fingerprint density at radius 1 is 1.44 bits per heavy atom. The molecular formula is C11H12FNO4S. The van der Waals surface area contributed by atoms with E-state index >= 15 is 0 Å². The molecule has 1 aromatic rings. The molecule has 0 aliphatic heterocycles. The number of carboxylic acid groups (broad SMARTS) is 1. The molecule has 1 aliphatic rings. The Morgan fingerprint density at radius 3 is 2.67 bits per heavy atom. The molecule has 0 atom stereocenters. The van der Waals surface area contributed by atoms with E-state index in [1.165, 1.54) is 0 Å². The van der Waals surface area contributed by atoms with Gasteiger partial charge in [-0.25, -0.2) is 17.6 Å². The molecule has 0 aromatic heterocycles. The Hall–Kier alpha value is -1.63. The van der Waals surface area contributed by atoms with Crippen molar-refractivity contribution in [2.45, 2.75) is 12.8 Å². The molecule has 0 spiro atoms. The molecule has 98 valence electrons. The van der Waals surface area contributed by atoms with Crippen LogP contribution in [0.5, 0.6) is 0 Å². The minimum absolute atomic E-state index is 0.0244. The van der Waals surface area contributed by atoms with Gasteiger partial charge in [-0.1, -0.05) is 0 Å². The Morgan fingerprint density at radius 2 is 2.11 bits per heavy atom. The molecule has 1 aliphatic carbocycles. The number of hydrogen-bond acceptors (Lipinski definition) is 3. The molecule has 0 bridgehead atoms. The molecule has 0 radical (unpaired) electrons. The summed E-state index contributed by atoms with van der Waals surface area (Å²) in [5.74, 6) is -1.98. The minimum atomic E-state index is -3.58. The van der Waals surface area contributed by atoms with Gasteiger partial charge >= 0.3 is 5.97 Å². The third-order valence-electron chi connectivity index (χ3n) is 2.63. The van der Waals surface area contributed by atoms with Gasteiger partial charge in [0.2, 0.25) is 10.0 Å². The molecule has 1 saturated carbocycles. The standard InChI is InChI=1S/C11H12FNO4S/c12-8-3-4-10(9(5-8)11(14)15)13-18(16,17)6-7-1-2-7/h3-5,7,13H,1-2,6H2,(H,14,15). The monoisotopic (exact) mass is 273 g/mol. The van der Waals surface area contributed by atoms with E-state index in [4.69, 9.17) is 5.11 Å². The Balaban J connectivity index is 2.25. The number of sulfonamides is 1. The van der Waals surface area contributed by atoms with Gasteiger partial charge < -0.3 is 5.11 Å². The quantitative estimate of drug-likeness (QED) is 0.854. The summed E-state index contributed by atoms with van der Waals surface area (Å²) in [5, 5.41) is 8.88. The van der Waals surface area contributed by atoms with Crippen LogP contribution in [0.1, 0.15) is 23.2 Å². The molecule has 1 fully saturated rings. The summed E-state index contributed by atoms with van der Waals surface area (Å²) in [4.78, 5) is 10.9. The second kappa shape index (κ2) is 4.56. The molecule has 18 heavy (non-hydrogen) atoms. The lowest BCUT2D eigenvalue weighted by Gasteiger charge is -2.10. The lowest BCUT2D eigenvalue weighted by molar-refractivity contribution is 0.0697. The van der Waals surface area contributed by atoms with Gasteiger partial charge in [-0.2, -0.15) is 0 Å². The van der Waals surface area contributed by atoms with Crippen LogP contribution >= 0.6 is 0 Å². The highest BCUT2D eigenvalue weighted by molar-refractivity contribution is 7.92. The fraction of sp³-hybridized carbons (Fsp3) is 0.364. The molecule has 1 aromatic carbocycles. The molecule has 7 heteroatoms. The summed E-state index contributed by atoms with van der Waals surface area (Å²) in [6, 6.07) is 2.92. The van der Waals surface area contributed by atoms with E-state index in [-0.39, 0.29) is 17.4 Å². The predicted molar refractivity (Wildman–Crippen MR) is 63.5 cm³/mol. The maximum atomic E-state index is 12.9. The zero-order valence-electron chi connectivity index (χ0n) is 9.39. The predicted octanol–water partition coefficient (Wildman–Crippen LogP) is 1.68. The maximum absolute atomic E-state index is 12.9. The topological polar surface area (TPSA) is 83.5 Å². The second-order valence-electron chi connectivity index (χ2n) is 4.32. The third kappa shape index (κ3) is 3.19. The van der Waals surface area contributed by atoms with Crippen LogP contribution in [0.3, 0.4) is 0 Å².